The highest BCUT2D eigenvalue weighted by Gasteiger charge is 2.40. The van der Waals surface area contributed by atoms with Crippen molar-refractivity contribution in [3.63, 3.8) is 0 Å². The number of nitrogens with zero attached hydrogens (tertiary/aromatic N) is 3. The van der Waals surface area contributed by atoms with Crippen LogP contribution in [0.2, 0.25) is 0 Å². The molecule has 0 radical (unpaired) electrons. The molecule has 5 rings (SSSR count). The molecule has 12 heteroatoms. The molecule has 3 N–H and O–H groups in total. The van der Waals surface area contributed by atoms with Crippen LogP contribution in [0.25, 0.3) is 17.1 Å². The van der Waals surface area contributed by atoms with Gasteiger partial charge < -0.3 is 20.7 Å². The molecular formula is C28H27F3N6O2S. The van der Waals surface area contributed by atoms with E-state index in [1.807, 2.05) is 24.3 Å². The molecular weight excluding hydrogens is 541 g/mol. The molecule has 1 aliphatic heterocycles. The Balaban J connectivity index is 1.14. The highest BCUT2D eigenvalue weighted by atomic mass is 32.2. The van der Waals surface area contributed by atoms with E-state index in [0.29, 0.717) is 18.1 Å². The summed E-state index contributed by atoms with van der Waals surface area (Å²) in [4.78, 5) is 16.8. The Hall–Kier alpha value is -4.19. The Morgan fingerprint density at radius 1 is 1.07 bits per heavy atom. The minimum absolute atomic E-state index is 0.0158. The van der Waals surface area contributed by atoms with Crippen molar-refractivity contribution in [2.75, 3.05) is 5.32 Å². The SMILES string of the molecule is CCc1cccc(C)c1NC1SC1NC(=O)NCc1cccc(-c2ncn(-c3ccc(OC(F)(F)F)cc3)n2)c1. The van der Waals surface area contributed by atoms with Gasteiger partial charge in [0, 0.05) is 17.8 Å². The number of urea groups is 1. The van der Waals surface area contributed by atoms with Crippen molar-refractivity contribution >= 4 is 23.5 Å². The molecule has 40 heavy (non-hydrogen) atoms. The predicted octanol–water partition coefficient (Wildman–Crippen LogP) is 6.01. The highest BCUT2D eigenvalue weighted by molar-refractivity contribution is 8.07. The van der Waals surface area contributed by atoms with E-state index in [1.165, 1.54) is 46.4 Å². The van der Waals surface area contributed by atoms with Gasteiger partial charge in [-0.2, -0.15) is 0 Å². The van der Waals surface area contributed by atoms with Crippen LogP contribution in [0.3, 0.4) is 0 Å². The molecule has 0 saturated carbocycles. The van der Waals surface area contributed by atoms with E-state index in [2.05, 4.69) is 62.8 Å². The van der Waals surface area contributed by atoms with E-state index in [1.54, 1.807) is 11.8 Å². The zero-order valence-electron chi connectivity index (χ0n) is 21.7. The highest BCUT2D eigenvalue weighted by Crippen LogP contribution is 2.40. The number of benzene rings is 3. The summed E-state index contributed by atoms with van der Waals surface area (Å²) >= 11 is 1.65. The molecule has 208 valence electrons. The number of ether oxygens (including phenoxy) is 1. The second-order valence-corrected chi connectivity index (χ2v) is 10.5. The number of anilines is 1. The minimum Gasteiger partial charge on any atom is -0.406 e. The molecule has 0 aliphatic carbocycles. The number of para-hydroxylation sites is 1. The number of carbonyl (C=O) groups excluding carboxylic acids is 1. The van der Waals surface area contributed by atoms with Crippen LogP contribution in [0.4, 0.5) is 23.7 Å². The molecule has 4 aromatic rings. The summed E-state index contributed by atoms with van der Waals surface area (Å²) in [5.74, 6) is 0.123. The maximum atomic E-state index is 12.5. The van der Waals surface area contributed by atoms with Crippen molar-refractivity contribution in [2.45, 2.75) is 43.9 Å². The first kappa shape index (κ1) is 27.4. The Morgan fingerprint density at radius 2 is 1.85 bits per heavy atom. The molecule has 1 saturated heterocycles. The number of hydrogen-bond acceptors (Lipinski definition) is 6. The van der Waals surface area contributed by atoms with E-state index in [9.17, 15) is 18.0 Å². The summed E-state index contributed by atoms with van der Waals surface area (Å²) < 4.78 is 42.5. The molecule has 8 nitrogen and oxygen atoms in total. The third-order valence-electron chi connectivity index (χ3n) is 6.26. The normalized spacial score (nSPS) is 16.3. The topological polar surface area (TPSA) is 93.1 Å². The van der Waals surface area contributed by atoms with E-state index in [-0.39, 0.29) is 22.5 Å². The number of hydrogen-bond donors (Lipinski definition) is 3. The lowest BCUT2D eigenvalue weighted by Crippen LogP contribution is -2.38. The molecule has 1 fully saturated rings. The fourth-order valence-electron chi connectivity index (χ4n) is 4.21. The van der Waals surface area contributed by atoms with Gasteiger partial charge in [-0.3, -0.25) is 0 Å². The summed E-state index contributed by atoms with van der Waals surface area (Å²) in [5.41, 5.74) is 5.70. The van der Waals surface area contributed by atoms with Gasteiger partial charge in [0.25, 0.3) is 0 Å². The summed E-state index contributed by atoms with van der Waals surface area (Å²) in [5, 5.41) is 14.0. The van der Waals surface area contributed by atoms with Gasteiger partial charge in [0.2, 0.25) is 0 Å². The minimum atomic E-state index is -4.75. The average molecular weight is 569 g/mol. The van der Waals surface area contributed by atoms with Gasteiger partial charge in [-0.05, 0) is 60.4 Å². The monoisotopic (exact) mass is 568 g/mol. The smallest absolute Gasteiger partial charge is 0.406 e. The lowest BCUT2D eigenvalue weighted by molar-refractivity contribution is -0.274. The number of halogens is 3. The van der Waals surface area contributed by atoms with Crippen molar-refractivity contribution in [1.29, 1.82) is 0 Å². The molecule has 0 spiro atoms. The quantitative estimate of drug-likeness (QED) is 0.214. The van der Waals surface area contributed by atoms with Crippen molar-refractivity contribution in [3.05, 3.63) is 89.7 Å². The number of aryl methyl sites for hydroxylation is 2. The van der Waals surface area contributed by atoms with Crippen LogP contribution in [0.15, 0.2) is 73.1 Å². The van der Waals surface area contributed by atoms with E-state index < -0.39 is 6.36 Å². The van der Waals surface area contributed by atoms with Crippen molar-refractivity contribution in [3.8, 4) is 22.8 Å². The lowest BCUT2D eigenvalue weighted by Gasteiger charge is -2.13. The number of carbonyl (C=O) groups is 1. The largest absolute Gasteiger partial charge is 0.573 e. The van der Waals surface area contributed by atoms with Crippen LogP contribution >= 0.6 is 11.8 Å². The standard InChI is InChI=1S/C28H27F3N6O2S/c1-3-19-8-4-6-17(2)23(19)34-25-26(40-25)35-27(38)32-15-18-7-5-9-20(14-18)24-33-16-37(36-24)21-10-12-22(13-11-21)39-28(29,30)31/h4-14,16,25-26,34H,3,15H2,1-2H3,(H2,32,35,38). The molecule has 2 atom stereocenters. The van der Waals surface area contributed by atoms with Gasteiger partial charge >= 0.3 is 12.4 Å². The molecule has 2 heterocycles. The third kappa shape index (κ3) is 6.87. The molecule has 3 aromatic carbocycles. The molecule has 2 amide bonds. The van der Waals surface area contributed by atoms with Crippen LogP contribution in [0, 0.1) is 6.92 Å². The Labute approximate surface area is 233 Å². The summed E-state index contributed by atoms with van der Waals surface area (Å²) in [6.45, 7) is 4.51. The molecule has 1 aromatic heterocycles. The fraction of sp³-hybridized carbons (Fsp3) is 0.250. The van der Waals surface area contributed by atoms with Gasteiger partial charge in [-0.15, -0.1) is 30.0 Å². The Kier molecular flexibility index (Phi) is 7.88. The fourth-order valence-corrected chi connectivity index (χ4v) is 4.93. The number of rotatable bonds is 9. The second-order valence-electron chi connectivity index (χ2n) is 9.17. The Morgan fingerprint density at radius 3 is 2.60 bits per heavy atom. The number of aromatic nitrogens is 3. The van der Waals surface area contributed by atoms with Gasteiger partial charge in [-0.1, -0.05) is 43.3 Å². The zero-order valence-corrected chi connectivity index (χ0v) is 22.5. The van der Waals surface area contributed by atoms with Gasteiger partial charge in [-0.25, -0.2) is 14.5 Å². The van der Waals surface area contributed by atoms with Gasteiger partial charge in [0.05, 0.1) is 5.69 Å². The first-order chi connectivity index (χ1) is 19.2. The van der Waals surface area contributed by atoms with E-state index in [0.717, 1.165) is 23.2 Å². The number of alkyl halides is 3. The van der Waals surface area contributed by atoms with Gasteiger partial charge in [0.1, 0.15) is 22.8 Å². The molecule has 0 bridgehead atoms. The lowest BCUT2D eigenvalue weighted by atomic mass is 10.1. The zero-order chi connectivity index (χ0) is 28.3. The maximum absolute atomic E-state index is 12.5. The number of thioether (sulfide) groups is 1. The molecule has 2 unspecified atom stereocenters. The first-order valence-corrected chi connectivity index (χ1v) is 13.5. The second kappa shape index (κ2) is 11.5. The predicted molar refractivity (Wildman–Crippen MR) is 148 cm³/mol. The maximum Gasteiger partial charge on any atom is 0.573 e. The summed E-state index contributed by atoms with van der Waals surface area (Å²) in [7, 11) is 0. The van der Waals surface area contributed by atoms with Crippen LogP contribution in [0.1, 0.15) is 23.6 Å². The number of nitrogens with one attached hydrogen (secondary N) is 3. The van der Waals surface area contributed by atoms with Crippen LogP contribution in [-0.4, -0.2) is 37.9 Å². The van der Waals surface area contributed by atoms with Crippen molar-refractivity contribution in [2.24, 2.45) is 0 Å². The summed E-state index contributed by atoms with van der Waals surface area (Å²) in [6.07, 6.45) is -2.34. The van der Waals surface area contributed by atoms with Crippen molar-refractivity contribution < 1.29 is 22.7 Å². The van der Waals surface area contributed by atoms with Crippen LogP contribution in [-0.2, 0) is 13.0 Å². The summed E-state index contributed by atoms with van der Waals surface area (Å²) in [6, 6.07) is 18.8. The third-order valence-corrected chi connectivity index (χ3v) is 7.31. The van der Waals surface area contributed by atoms with Crippen molar-refractivity contribution in [1.82, 2.24) is 25.4 Å². The van der Waals surface area contributed by atoms with Gasteiger partial charge in [0.15, 0.2) is 5.82 Å². The number of amides is 2. The average Bonchev–Trinajstić information content (AvgIpc) is 3.45. The van der Waals surface area contributed by atoms with Crippen LogP contribution in [0.5, 0.6) is 5.75 Å². The van der Waals surface area contributed by atoms with E-state index >= 15 is 0 Å². The van der Waals surface area contributed by atoms with E-state index in [4.69, 9.17) is 0 Å². The van der Waals surface area contributed by atoms with Crippen LogP contribution < -0.4 is 20.7 Å². The molecule has 1 aliphatic rings. The first-order valence-electron chi connectivity index (χ1n) is 12.6. The Bertz CT molecular complexity index is 1490.